The van der Waals surface area contributed by atoms with Crippen LogP contribution in [0.1, 0.15) is 24.8 Å². The minimum absolute atomic E-state index is 0.850. The molecule has 4 rings (SSSR count). The Kier molecular flexibility index (Phi) is 3.28. The molecule has 3 atom stereocenters. The van der Waals surface area contributed by atoms with Crippen molar-refractivity contribution in [3.05, 3.63) is 48.0 Å². The Hall–Kier alpha value is -1.08. The van der Waals surface area contributed by atoms with E-state index in [1.165, 1.54) is 31.4 Å². The van der Waals surface area contributed by atoms with Gasteiger partial charge in [0.25, 0.3) is 0 Å². The quantitative estimate of drug-likeness (QED) is 0.778. The monoisotopic (exact) mass is 227 g/mol. The molecular formula is C16H21N. The summed E-state index contributed by atoms with van der Waals surface area (Å²) in [5.74, 6) is 2.61. The van der Waals surface area contributed by atoms with Gasteiger partial charge in [0.05, 0.1) is 0 Å². The predicted molar refractivity (Wildman–Crippen MR) is 71.6 cm³/mol. The standard InChI is InChI=1S/C16H21N/c1-2-4-14(5-3-1)11-17-12-16-10-13-6-8-15(16)9-7-13/h1-6,8,13,15-17H,7,9-12H2/t13-,15-,16+/m0/s1. The molecule has 0 radical (unpaired) electrons. The van der Waals surface area contributed by atoms with Crippen LogP contribution in [0.2, 0.25) is 0 Å². The highest BCUT2D eigenvalue weighted by atomic mass is 14.9. The van der Waals surface area contributed by atoms with Gasteiger partial charge in [0.2, 0.25) is 0 Å². The molecular weight excluding hydrogens is 206 g/mol. The summed E-state index contributed by atoms with van der Waals surface area (Å²) in [6.07, 6.45) is 9.16. The minimum atomic E-state index is 0.850. The molecule has 1 aromatic carbocycles. The number of rotatable bonds is 4. The first-order valence-electron chi connectivity index (χ1n) is 6.85. The van der Waals surface area contributed by atoms with Crippen LogP contribution in [-0.4, -0.2) is 6.54 Å². The summed E-state index contributed by atoms with van der Waals surface area (Å²) in [5, 5.41) is 3.62. The Bertz CT molecular complexity index is 382. The Labute approximate surface area is 104 Å². The second-order valence-electron chi connectivity index (χ2n) is 5.50. The zero-order chi connectivity index (χ0) is 11.5. The second-order valence-corrected chi connectivity index (χ2v) is 5.50. The average molecular weight is 227 g/mol. The van der Waals surface area contributed by atoms with Crippen LogP contribution < -0.4 is 5.32 Å². The molecule has 0 amide bonds. The van der Waals surface area contributed by atoms with Crippen LogP contribution in [0, 0.1) is 17.8 Å². The molecule has 3 aliphatic carbocycles. The lowest BCUT2D eigenvalue weighted by Gasteiger charge is -2.38. The zero-order valence-corrected chi connectivity index (χ0v) is 10.3. The van der Waals surface area contributed by atoms with Crippen LogP contribution >= 0.6 is 0 Å². The third-order valence-corrected chi connectivity index (χ3v) is 4.29. The van der Waals surface area contributed by atoms with E-state index < -0.39 is 0 Å². The number of benzene rings is 1. The lowest BCUT2D eigenvalue weighted by molar-refractivity contribution is 0.215. The molecule has 0 spiro atoms. The van der Waals surface area contributed by atoms with Gasteiger partial charge in [-0.2, -0.15) is 0 Å². The molecule has 0 unspecified atom stereocenters. The summed E-state index contributed by atoms with van der Waals surface area (Å²) in [5.41, 5.74) is 1.39. The Morgan fingerprint density at radius 1 is 1.06 bits per heavy atom. The number of hydrogen-bond acceptors (Lipinski definition) is 1. The summed E-state index contributed by atoms with van der Waals surface area (Å²) in [6, 6.07) is 10.7. The Balaban J connectivity index is 1.48. The van der Waals surface area contributed by atoms with E-state index in [2.05, 4.69) is 47.8 Å². The normalized spacial score (nSPS) is 30.7. The average Bonchev–Trinajstić information content (AvgIpc) is 2.41. The predicted octanol–water partition coefficient (Wildman–Crippen LogP) is 3.38. The maximum atomic E-state index is 3.62. The van der Waals surface area contributed by atoms with E-state index in [9.17, 15) is 0 Å². The van der Waals surface area contributed by atoms with E-state index in [4.69, 9.17) is 0 Å². The highest BCUT2D eigenvalue weighted by molar-refractivity contribution is 5.14. The smallest absolute Gasteiger partial charge is 0.0205 e. The zero-order valence-electron chi connectivity index (χ0n) is 10.3. The van der Waals surface area contributed by atoms with E-state index in [-0.39, 0.29) is 0 Å². The number of fused-ring (bicyclic) bond motifs is 2. The molecule has 0 heterocycles. The van der Waals surface area contributed by atoms with E-state index in [0.717, 1.165) is 24.3 Å². The minimum Gasteiger partial charge on any atom is -0.312 e. The fourth-order valence-electron chi connectivity index (χ4n) is 3.28. The second kappa shape index (κ2) is 5.05. The molecule has 0 saturated heterocycles. The highest BCUT2D eigenvalue weighted by Crippen LogP contribution is 2.39. The van der Waals surface area contributed by atoms with E-state index in [1.54, 1.807) is 0 Å². The summed E-state index contributed by atoms with van der Waals surface area (Å²) >= 11 is 0. The lowest BCUT2D eigenvalue weighted by Crippen LogP contribution is -2.34. The van der Waals surface area contributed by atoms with Gasteiger partial charge in [-0.1, -0.05) is 42.5 Å². The largest absolute Gasteiger partial charge is 0.312 e. The first kappa shape index (κ1) is 11.0. The van der Waals surface area contributed by atoms with Gasteiger partial charge < -0.3 is 5.32 Å². The SMILES string of the molecule is C1=C[C@H]2CC[C@H]1C[C@@H]2CNCc1ccccc1. The fourth-order valence-corrected chi connectivity index (χ4v) is 3.28. The number of hydrogen-bond donors (Lipinski definition) is 1. The van der Waals surface area contributed by atoms with Gasteiger partial charge in [0, 0.05) is 6.54 Å². The third kappa shape index (κ3) is 2.61. The van der Waals surface area contributed by atoms with Crippen LogP contribution in [0.5, 0.6) is 0 Å². The van der Waals surface area contributed by atoms with Crippen molar-refractivity contribution in [2.75, 3.05) is 6.54 Å². The summed E-state index contributed by atoms with van der Waals surface area (Å²) < 4.78 is 0. The topological polar surface area (TPSA) is 12.0 Å². The maximum Gasteiger partial charge on any atom is 0.0205 e. The fraction of sp³-hybridized carbons (Fsp3) is 0.500. The first-order valence-corrected chi connectivity index (χ1v) is 6.85. The number of nitrogens with one attached hydrogen (secondary N) is 1. The van der Waals surface area contributed by atoms with Gasteiger partial charge in [-0.15, -0.1) is 0 Å². The molecule has 0 aliphatic heterocycles. The van der Waals surface area contributed by atoms with Crippen LogP contribution in [0.15, 0.2) is 42.5 Å². The molecule has 0 aromatic heterocycles. The molecule has 17 heavy (non-hydrogen) atoms. The van der Waals surface area contributed by atoms with Crippen molar-refractivity contribution in [1.29, 1.82) is 0 Å². The van der Waals surface area contributed by atoms with Crippen molar-refractivity contribution in [3.8, 4) is 0 Å². The van der Waals surface area contributed by atoms with Crippen LogP contribution in [0.4, 0.5) is 0 Å². The number of allylic oxidation sites excluding steroid dienone is 2. The van der Waals surface area contributed by atoms with E-state index in [0.29, 0.717) is 0 Å². The van der Waals surface area contributed by atoms with Crippen molar-refractivity contribution in [2.24, 2.45) is 17.8 Å². The van der Waals surface area contributed by atoms with E-state index in [1.807, 2.05) is 0 Å². The van der Waals surface area contributed by atoms with Gasteiger partial charge >= 0.3 is 0 Å². The molecule has 90 valence electrons. The van der Waals surface area contributed by atoms with Crippen LogP contribution in [-0.2, 0) is 6.54 Å². The maximum absolute atomic E-state index is 3.62. The van der Waals surface area contributed by atoms with Crippen molar-refractivity contribution in [2.45, 2.75) is 25.8 Å². The van der Waals surface area contributed by atoms with Gasteiger partial charge in [0.15, 0.2) is 0 Å². The van der Waals surface area contributed by atoms with Crippen LogP contribution in [0.25, 0.3) is 0 Å². The third-order valence-electron chi connectivity index (χ3n) is 4.29. The molecule has 1 saturated carbocycles. The van der Waals surface area contributed by atoms with Crippen molar-refractivity contribution in [1.82, 2.24) is 5.32 Å². The molecule has 3 aliphatic rings. The highest BCUT2D eigenvalue weighted by Gasteiger charge is 2.31. The first-order chi connectivity index (χ1) is 8.42. The summed E-state index contributed by atoms with van der Waals surface area (Å²) in [4.78, 5) is 0. The molecule has 1 N–H and O–H groups in total. The molecule has 2 bridgehead atoms. The Morgan fingerprint density at radius 3 is 2.59 bits per heavy atom. The van der Waals surface area contributed by atoms with Crippen molar-refractivity contribution < 1.29 is 0 Å². The molecule has 1 heteroatoms. The Morgan fingerprint density at radius 2 is 1.94 bits per heavy atom. The van der Waals surface area contributed by atoms with Gasteiger partial charge in [-0.3, -0.25) is 0 Å². The van der Waals surface area contributed by atoms with Gasteiger partial charge in [0.1, 0.15) is 0 Å². The van der Waals surface area contributed by atoms with Crippen molar-refractivity contribution in [3.63, 3.8) is 0 Å². The molecule has 1 nitrogen and oxygen atoms in total. The molecule has 1 fully saturated rings. The summed E-state index contributed by atoms with van der Waals surface area (Å²) in [7, 11) is 0. The van der Waals surface area contributed by atoms with Crippen molar-refractivity contribution >= 4 is 0 Å². The van der Waals surface area contributed by atoms with Gasteiger partial charge in [-0.25, -0.2) is 0 Å². The van der Waals surface area contributed by atoms with Gasteiger partial charge in [-0.05, 0) is 49.1 Å². The van der Waals surface area contributed by atoms with E-state index >= 15 is 0 Å². The summed E-state index contributed by atoms with van der Waals surface area (Å²) in [6.45, 7) is 2.19. The van der Waals surface area contributed by atoms with Crippen LogP contribution in [0.3, 0.4) is 0 Å². The molecule has 1 aromatic rings. The lowest BCUT2D eigenvalue weighted by atomic mass is 9.69.